The van der Waals surface area contributed by atoms with Crippen molar-refractivity contribution >= 4 is 5.91 Å². The molecule has 86 valence electrons. The first kappa shape index (κ1) is 10.7. The molecule has 4 atom stereocenters. The van der Waals surface area contributed by atoms with Gasteiger partial charge in [-0.05, 0) is 6.42 Å². The van der Waals surface area contributed by atoms with Gasteiger partial charge in [0.1, 0.15) is 0 Å². The van der Waals surface area contributed by atoms with Crippen molar-refractivity contribution in [3.63, 3.8) is 0 Å². The number of nitrogens with one attached hydrogen (secondary N) is 1. The average Bonchev–Trinajstić information content (AvgIpc) is 2.56. The normalized spacial score (nSPS) is 39.5. The number of carbonyl (C=O) groups excluding carboxylic acids is 1. The molecule has 1 amide bonds. The lowest BCUT2D eigenvalue weighted by Gasteiger charge is -2.45. The highest BCUT2D eigenvalue weighted by atomic mass is 19.4. The van der Waals surface area contributed by atoms with Crippen molar-refractivity contribution in [2.75, 3.05) is 6.61 Å². The van der Waals surface area contributed by atoms with Crippen molar-refractivity contribution in [2.24, 2.45) is 11.7 Å². The maximum atomic E-state index is 11.9. The van der Waals surface area contributed by atoms with Crippen LogP contribution < -0.4 is 11.1 Å². The van der Waals surface area contributed by atoms with E-state index >= 15 is 0 Å². The molecule has 0 aromatic heterocycles. The SMILES string of the molecule is NC1C2CCOC2C1NC(=O)C(F)(F)F. The number of hydrogen-bond donors (Lipinski definition) is 2. The Balaban J connectivity index is 1.94. The summed E-state index contributed by atoms with van der Waals surface area (Å²) in [7, 11) is 0. The van der Waals surface area contributed by atoms with E-state index in [1.165, 1.54) is 0 Å². The second kappa shape index (κ2) is 3.34. The van der Waals surface area contributed by atoms with E-state index in [9.17, 15) is 18.0 Å². The van der Waals surface area contributed by atoms with E-state index in [1.54, 1.807) is 0 Å². The third-order valence-electron chi connectivity index (χ3n) is 3.00. The molecule has 2 rings (SSSR count). The number of carbonyl (C=O) groups is 1. The Kier molecular flexibility index (Phi) is 2.38. The lowest BCUT2D eigenvalue weighted by Crippen LogP contribution is -2.69. The minimum atomic E-state index is -4.86. The van der Waals surface area contributed by atoms with Crippen LogP contribution in [0, 0.1) is 5.92 Å². The molecule has 1 aliphatic heterocycles. The van der Waals surface area contributed by atoms with Crippen LogP contribution in [-0.4, -0.2) is 36.9 Å². The molecule has 3 N–H and O–H groups in total. The number of alkyl halides is 3. The van der Waals surface area contributed by atoms with Crippen molar-refractivity contribution in [2.45, 2.75) is 30.8 Å². The Labute approximate surface area is 83.9 Å². The predicted octanol–water partition coefficient (Wildman–Crippen LogP) is -0.221. The van der Waals surface area contributed by atoms with Crippen LogP contribution in [0.3, 0.4) is 0 Å². The van der Waals surface area contributed by atoms with E-state index in [0.29, 0.717) is 6.61 Å². The maximum absolute atomic E-state index is 11.9. The van der Waals surface area contributed by atoms with Crippen LogP contribution in [0.5, 0.6) is 0 Å². The largest absolute Gasteiger partial charge is 0.471 e. The van der Waals surface area contributed by atoms with E-state index in [4.69, 9.17) is 10.5 Å². The first-order valence-electron chi connectivity index (χ1n) is 4.66. The van der Waals surface area contributed by atoms with Gasteiger partial charge in [-0.15, -0.1) is 0 Å². The summed E-state index contributed by atoms with van der Waals surface area (Å²) in [5.74, 6) is -1.86. The highest BCUT2D eigenvalue weighted by Gasteiger charge is 2.54. The average molecular weight is 224 g/mol. The third kappa shape index (κ3) is 1.69. The number of rotatable bonds is 1. The van der Waals surface area contributed by atoms with Crippen molar-refractivity contribution in [1.82, 2.24) is 5.32 Å². The van der Waals surface area contributed by atoms with Gasteiger partial charge < -0.3 is 15.8 Å². The minimum absolute atomic E-state index is 0.0866. The molecule has 0 aromatic carbocycles. The van der Waals surface area contributed by atoms with Gasteiger partial charge >= 0.3 is 12.1 Å². The monoisotopic (exact) mass is 224 g/mol. The van der Waals surface area contributed by atoms with Gasteiger partial charge in [-0.3, -0.25) is 4.79 Å². The van der Waals surface area contributed by atoms with E-state index < -0.39 is 24.2 Å². The van der Waals surface area contributed by atoms with Crippen LogP contribution in [0.15, 0.2) is 0 Å². The van der Waals surface area contributed by atoms with Crippen LogP contribution in [-0.2, 0) is 9.53 Å². The zero-order valence-electron chi connectivity index (χ0n) is 7.75. The first-order chi connectivity index (χ1) is 6.91. The Morgan fingerprint density at radius 1 is 1.47 bits per heavy atom. The van der Waals surface area contributed by atoms with Crippen molar-refractivity contribution in [3.05, 3.63) is 0 Å². The molecular weight excluding hydrogens is 213 g/mol. The highest BCUT2D eigenvalue weighted by molar-refractivity contribution is 5.82. The standard InChI is InChI=1S/C8H11F3N2O2/c9-8(10,11)7(14)13-5-4(12)3-1-2-15-6(3)5/h3-6H,1-2,12H2,(H,13,14). The molecule has 1 saturated heterocycles. The third-order valence-corrected chi connectivity index (χ3v) is 3.00. The highest BCUT2D eigenvalue weighted by Crippen LogP contribution is 2.38. The van der Waals surface area contributed by atoms with E-state index in [1.807, 2.05) is 5.32 Å². The molecule has 0 spiro atoms. The zero-order valence-corrected chi connectivity index (χ0v) is 7.75. The Hall–Kier alpha value is -0.820. The second-order valence-corrected chi connectivity index (χ2v) is 3.86. The summed E-state index contributed by atoms with van der Waals surface area (Å²) < 4.78 is 41.0. The molecule has 1 aliphatic carbocycles. The summed E-state index contributed by atoms with van der Waals surface area (Å²) in [6, 6.07) is -1.13. The van der Waals surface area contributed by atoms with Gasteiger partial charge in [0.25, 0.3) is 0 Å². The Morgan fingerprint density at radius 2 is 2.13 bits per heavy atom. The second-order valence-electron chi connectivity index (χ2n) is 3.86. The molecule has 1 heterocycles. The fourth-order valence-corrected chi connectivity index (χ4v) is 2.16. The minimum Gasteiger partial charge on any atom is -0.376 e. The molecule has 0 aromatic rings. The summed E-state index contributed by atoms with van der Waals surface area (Å²) in [6.45, 7) is 0.501. The quantitative estimate of drug-likeness (QED) is 0.647. The van der Waals surface area contributed by atoms with Crippen molar-refractivity contribution < 1.29 is 22.7 Å². The van der Waals surface area contributed by atoms with Gasteiger partial charge in [0, 0.05) is 18.6 Å². The number of amides is 1. The van der Waals surface area contributed by atoms with E-state index in [0.717, 1.165) is 6.42 Å². The van der Waals surface area contributed by atoms with Crippen LogP contribution in [0.2, 0.25) is 0 Å². The van der Waals surface area contributed by atoms with E-state index in [-0.39, 0.29) is 12.0 Å². The summed E-state index contributed by atoms with van der Waals surface area (Å²) in [5.41, 5.74) is 5.64. The van der Waals surface area contributed by atoms with Crippen molar-refractivity contribution in [1.29, 1.82) is 0 Å². The molecule has 1 saturated carbocycles. The van der Waals surface area contributed by atoms with Gasteiger partial charge in [0.2, 0.25) is 0 Å². The van der Waals surface area contributed by atoms with Gasteiger partial charge in [0.05, 0.1) is 12.1 Å². The van der Waals surface area contributed by atoms with Crippen LogP contribution in [0.4, 0.5) is 13.2 Å². The van der Waals surface area contributed by atoms with Gasteiger partial charge in [-0.25, -0.2) is 0 Å². The number of ether oxygens (including phenoxy) is 1. The summed E-state index contributed by atoms with van der Waals surface area (Å²) >= 11 is 0. The van der Waals surface area contributed by atoms with E-state index in [2.05, 4.69) is 0 Å². The number of fused-ring (bicyclic) bond motifs is 1. The molecule has 4 nitrogen and oxygen atoms in total. The molecule has 2 fully saturated rings. The smallest absolute Gasteiger partial charge is 0.376 e. The molecular formula is C8H11F3N2O2. The zero-order chi connectivity index (χ0) is 11.2. The summed E-state index contributed by atoms with van der Waals surface area (Å²) in [5, 5.41) is 1.86. The Bertz CT molecular complexity index is 282. The summed E-state index contributed by atoms with van der Waals surface area (Å²) in [4.78, 5) is 10.7. The lowest BCUT2D eigenvalue weighted by molar-refractivity contribution is -0.177. The maximum Gasteiger partial charge on any atom is 0.471 e. The first-order valence-corrected chi connectivity index (χ1v) is 4.66. The Morgan fingerprint density at radius 3 is 2.73 bits per heavy atom. The predicted molar refractivity (Wildman–Crippen MR) is 43.8 cm³/mol. The fraction of sp³-hybridized carbons (Fsp3) is 0.875. The van der Waals surface area contributed by atoms with Crippen LogP contribution in [0.25, 0.3) is 0 Å². The summed E-state index contributed by atoms with van der Waals surface area (Å²) in [6.07, 6.45) is -4.44. The van der Waals surface area contributed by atoms with Gasteiger partial charge in [-0.2, -0.15) is 13.2 Å². The fourth-order valence-electron chi connectivity index (χ4n) is 2.16. The topological polar surface area (TPSA) is 64.3 Å². The van der Waals surface area contributed by atoms with Gasteiger partial charge in [0.15, 0.2) is 0 Å². The molecule has 0 radical (unpaired) electrons. The molecule has 2 aliphatic rings. The number of halogens is 3. The number of nitrogens with two attached hydrogens (primary N) is 1. The lowest BCUT2D eigenvalue weighted by atomic mass is 9.72. The van der Waals surface area contributed by atoms with Gasteiger partial charge in [-0.1, -0.05) is 0 Å². The van der Waals surface area contributed by atoms with Crippen LogP contribution in [0.1, 0.15) is 6.42 Å². The van der Waals surface area contributed by atoms with Crippen molar-refractivity contribution in [3.8, 4) is 0 Å². The molecule has 7 heteroatoms. The van der Waals surface area contributed by atoms with Crippen LogP contribution >= 0.6 is 0 Å². The molecule has 0 bridgehead atoms. The molecule has 15 heavy (non-hydrogen) atoms. The molecule has 4 unspecified atom stereocenters. The number of hydrogen-bond acceptors (Lipinski definition) is 3.